The average molecular weight is 370 g/mol. The highest BCUT2D eigenvalue weighted by Crippen LogP contribution is 2.10. The third-order valence-corrected chi connectivity index (χ3v) is 4.32. The molecule has 0 aliphatic rings. The number of guanidine groups is 1. The molecule has 0 atom stereocenters. The first-order valence-electron chi connectivity index (χ1n) is 9.39. The van der Waals surface area contributed by atoms with Gasteiger partial charge in [-0.15, -0.1) is 0 Å². The zero-order valence-electron chi connectivity index (χ0n) is 16.7. The highest BCUT2D eigenvalue weighted by atomic mass is 16.3. The van der Waals surface area contributed by atoms with Gasteiger partial charge in [0.25, 0.3) is 5.91 Å². The Labute approximate surface area is 161 Å². The third-order valence-electron chi connectivity index (χ3n) is 4.32. The van der Waals surface area contributed by atoms with Crippen LogP contribution in [0.1, 0.15) is 40.6 Å². The normalized spacial score (nSPS) is 11.3. The van der Waals surface area contributed by atoms with Gasteiger partial charge in [0.15, 0.2) is 11.7 Å². The summed E-state index contributed by atoms with van der Waals surface area (Å²) in [5.41, 5.74) is 3.40. The van der Waals surface area contributed by atoms with Crippen molar-refractivity contribution in [3.8, 4) is 0 Å². The maximum Gasteiger partial charge on any atom is 0.287 e. The minimum Gasteiger partial charge on any atom is -0.459 e. The van der Waals surface area contributed by atoms with E-state index in [-0.39, 0.29) is 5.91 Å². The lowest BCUT2D eigenvalue weighted by Gasteiger charge is -2.23. The second kappa shape index (κ2) is 10.4. The Morgan fingerprint density at radius 2 is 1.93 bits per heavy atom. The highest BCUT2D eigenvalue weighted by molar-refractivity contribution is 5.92. The zero-order valence-corrected chi connectivity index (χ0v) is 16.7. The molecule has 1 heterocycles. The second-order valence-electron chi connectivity index (χ2n) is 6.56. The summed E-state index contributed by atoms with van der Waals surface area (Å²) in [4.78, 5) is 18.8. The van der Waals surface area contributed by atoms with Crippen LogP contribution in [-0.4, -0.2) is 43.4 Å². The molecular formula is C21H30N4O2. The van der Waals surface area contributed by atoms with Crippen LogP contribution in [0.4, 0.5) is 0 Å². The lowest BCUT2D eigenvalue weighted by molar-refractivity contribution is 0.0925. The number of aryl methyl sites for hydroxylation is 2. The lowest BCUT2D eigenvalue weighted by Crippen LogP contribution is -2.38. The molecule has 0 fully saturated rings. The van der Waals surface area contributed by atoms with Crippen LogP contribution in [0.5, 0.6) is 0 Å². The quantitative estimate of drug-likeness (QED) is 0.426. The van der Waals surface area contributed by atoms with Crippen molar-refractivity contribution in [2.24, 2.45) is 4.99 Å². The minimum absolute atomic E-state index is 0.176. The van der Waals surface area contributed by atoms with Crippen LogP contribution in [-0.2, 0) is 6.54 Å². The number of rotatable bonds is 8. The van der Waals surface area contributed by atoms with E-state index >= 15 is 0 Å². The first-order valence-corrected chi connectivity index (χ1v) is 9.39. The highest BCUT2D eigenvalue weighted by Gasteiger charge is 2.11. The van der Waals surface area contributed by atoms with Crippen LogP contribution in [0.15, 0.2) is 46.0 Å². The number of nitrogens with zero attached hydrogens (tertiary/aromatic N) is 2. The van der Waals surface area contributed by atoms with Gasteiger partial charge in [-0.1, -0.05) is 24.3 Å². The van der Waals surface area contributed by atoms with Crippen LogP contribution in [0.25, 0.3) is 0 Å². The molecule has 6 nitrogen and oxygen atoms in total. The maximum atomic E-state index is 12.0. The van der Waals surface area contributed by atoms with Gasteiger partial charge in [0.2, 0.25) is 0 Å². The number of benzene rings is 1. The summed E-state index contributed by atoms with van der Waals surface area (Å²) in [7, 11) is 2.04. The Bertz CT molecular complexity index is 767. The van der Waals surface area contributed by atoms with Crippen molar-refractivity contribution in [2.45, 2.75) is 33.7 Å². The van der Waals surface area contributed by atoms with Gasteiger partial charge >= 0.3 is 0 Å². The van der Waals surface area contributed by atoms with Crippen LogP contribution in [0, 0.1) is 13.8 Å². The molecule has 27 heavy (non-hydrogen) atoms. The summed E-state index contributed by atoms with van der Waals surface area (Å²) in [6.45, 7) is 8.84. The van der Waals surface area contributed by atoms with Crippen molar-refractivity contribution >= 4 is 11.9 Å². The van der Waals surface area contributed by atoms with Crippen molar-refractivity contribution in [3.05, 3.63) is 59.0 Å². The lowest BCUT2D eigenvalue weighted by atomic mass is 10.1. The standard InChI is InChI=1S/C21H30N4O2/c1-5-22-21(25(4)15-18-10-7-6-9-16(18)2)24-13-8-12-23-20(26)19-17(3)11-14-27-19/h6-7,9-11,14H,5,8,12-13,15H2,1-4H3,(H,22,24)(H,23,26). The summed E-state index contributed by atoms with van der Waals surface area (Å²) in [6.07, 6.45) is 2.29. The average Bonchev–Trinajstić information content (AvgIpc) is 3.08. The molecule has 2 aromatic rings. The molecule has 0 unspecified atom stereocenters. The number of furan rings is 1. The molecule has 0 radical (unpaired) electrons. The molecule has 2 N–H and O–H groups in total. The molecule has 0 aliphatic heterocycles. The van der Waals surface area contributed by atoms with Crippen LogP contribution in [0.3, 0.4) is 0 Å². The Kier molecular flexibility index (Phi) is 7.92. The SMILES string of the molecule is CCNC(=NCCCNC(=O)c1occc1C)N(C)Cc1ccccc1C. The Morgan fingerprint density at radius 3 is 2.59 bits per heavy atom. The molecule has 0 saturated carbocycles. The summed E-state index contributed by atoms with van der Waals surface area (Å²) in [5, 5.41) is 6.20. The predicted molar refractivity (Wildman–Crippen MR) is 109 cm³/mol. The van der Waals surface area contributed by atoms with E-state index in [1.54, 1.807) is 6.07 Å². The molecule has 0 aliphatic carbocycles. The fourth-order valence-corrected chi connectivity index (χ4v) is 2.74. The van der Waals surface area contributed by atoms with E-state index in [9.17, 15) is 4.79 Å². The van der Waals surface area contributed by atoms with Gasteiger partial charge in [0, 0.05) is 38.8 Å². The molecule has 0 spiro atoms. The van der Waals surface area contributed by atoms with E-state index in [4.69, 9.17) is 4.42 Å². The number of carbonyl (C=O) groups is 1. The van der Waals surface area contributed by atoms with E-state index < -0.39 is 0 Å². The fourth-order valence-electron chi connectivity index (χ4n) is 2.74. The summed E-state index contributed by atoms with van der Waals surface area (Å²) < 4.78 is 5.19. The molecule has 0 saturated heterocycles. The van der Waals surface area contributed by atoms with Gasteiger partial charge in [-0.3, -0.25) is 9.79 Å². The van der Waals surface area contributed by atoms with Crippen LogP contribution < -0.4 is 10.6 Å². The van der Waals surface area contributed by atoms with Crippen molar-refractivity contribution < 1.29 is 9.21 Å². The number of hydrogen-bond donors (Lipinski definition) is 2. The third kappa shape index (κ3) is 6.16. The molecule has 0 bridgehead atoms. The summed E-state index contributed by atoms with van der Waals surface area (Å²) in [5.74, 6) is 1.07. The van der Waals surface area contributed by atoms with Crippen LogP contribution in [0.2, 0.25) is 0 Å². The van der Waals surface area contributed by atoms with E-state index in [1.807, 2.05) is 14.0 Å². The number of hydrogen-bond acceptors (Lipinski definition) is 3. The minimum atomic E-state index is -0.176. The van der Waals surface area contributed by atoms with Gasteiger partial charge in [0.05, 0.1) is 6.26 Å². The van der Waals surface area contributed by atoms with Crippen molar-refractivity contribution in [1.29, 1.82) is 0 Å². The molecular weight excluding hydrogens is 340 g/mol. The molecule has 1 aromatic heterocycles. The van der Waals surface area contributed by atoms with E-state index in [2.05, 4.69) is 58.6 Å². The van der Waals surface area contributed by atoms with Gasteiger partial charge in [-0.05, 0) is 44.4 Å². The molecule has 146 valence electrons. The summed E-state index contributed by atoms with van der Waals surface area (Å²) in [6, 6.07) is 10.2. The Balaban J connectivity index is 1.83. The Morgan fingerprint density at radius 1 is 1.15 bits per heavy atom. The molecule has 1 aromatic carbocycles. The van der Waals surface area contributed by atoms with Gasteiger partial charge < -0.3 is 20.0 Å². The number of carbonyl (C=O) groups excluding carboxylic acids is 1. The van der Waals surface area contributed by atoms with E-state index in [0.717, 1.165) is 31.0 Å². The first kappa shape index (κ1) is 20.6. The molecule has 2 rings (SSSR count). The number of nitrogens with one attached hydrogen (secondary N) is 2. The predicted octanol–water partition coefficient (Wildman–Crippen LogP) is 3.11. The fraction of sp³-hybridized carbons (Fsp3) is 0.429. The molecule has 6 heteroatoms. The zero-order chi connectivity index (χ0) is 19.6. The van der Waals surface area contributed by atoms with Gasteiger partial charge in [-0.2, -0.15) is 0 Å². The number of aliphatic imine (C=N–C) groups is 1. The van der Waals surface area contributed by atoms with Gasteiger partial charge in [0.1, 0.15) is 0 Å². The largest absolute Gasteiger partial charge is 0.459 e. The Hall–Kier alpha value is -2.76. The summed E-state index contributed by atoms with van der Waals surface area (Å²) >= 11 is 0. The van der Waals surface area contributed by atoms with E-state index in [0.29, 0.717) is 18.8 Å². The van der Waals surface area contributed by atoms with Crippen molar-refractivity contribution in [1.82, 2.24) is 15.5 Å². The smallest absolute Gasteiger partial charge is 0.287 e. The maximum absolute atomic E-state index is 12.0. The van der Waals surface area contributed by atoms with Crippen LogP contribution >= 0.6 is 0 Å². The number of amides is 1. The first-order chi connectivity index (χ1) is 13.0. The topological polar surface area (TPSA) is 69.9 Å². The van der Waals surface area contributed by atoms with Crippen molar-refractivity contribution in [2.75, 3.05) is 26.7 Å². The molecule has 1 amide bonds. The van der Waals surface area contributed by atoms with E-state index in [1.165, 1.54) is 17.4 Å². The van der Waals surface area contributed by atoms with Gasteiger partial charge in [-0.25, -0.2) is 0 Å². The second-order valence-corrected chi connectivity index (χ2v) is 6.56. The monoisotopic (exact) mass is 370 g/mol. The van der Waals surface area contributed by atoms with Crippen molar-refractivity contribution in [3.63, 3.8) is 0 Å².